The third-order valence-corrected chi connectivity index (χ3v) is 7.79. The zero-order valence-electron chi connectivity index (χ0n) is 18.2. The van der Waals surface area contributed by atoms with E-state index in [0.29, 0.717) is 5.56 Å². The molecule has 0 aliphatic rings. The molecule has 0 spiro atoms. The van der Waals surface area contributed by atoms with E-state index in [2.05, 4.69) is 10.0 Å². The second-order valence-corrected chi connectivity index (χ2v) is 11.8. The van der Waals surface area contributed by atoms with Crippen molar-refractivity contribution in [1.82, 2.24) is 5.32 Å². The van der Waals surface area contributed by atoms with E-state index in [-0.39, 0.29) is 26.1 Å². The smallest absolute Gasteiger partial charge is 0.261 e. The zero-order chi connectivity index (χ0) is 24.4. The summed E-state index contributed by atoms with van der Waals surface area (Å²) in [6, 6.07) is 16.5. The molecule has 0 heterocycles. The molecule has 7 nitrogen and oxygen atoms in total. The normalized spacial score (nSPS) is 12.7. The first-order valence-corrected chi connectivity index (χ1v) is 13.6. The summed E-state index contributed by atoms with van der Waals surface area (Å²) in [6.07, 6.45) is 1.12. The Morgan fingerprint density at radius 1 is 0.879 bits per heavy atom. The van der Waals surface area contributed by atoms with Crippen molar-refractivity contribution in [2.75, 3.05) is 11.0 Å². The number of halogens is 1. The molecule has 33 heavy (non-hydrogen) atoms. The Morgan fingerprint density at radius 3 is 2.00 bits per heavy atom. The highest BCUT2D eigenvalue weighted by Crippen LogP contribution is 2.25. The Bertz CT molecular complexity index is 1390. The van der Waals surface area contributed by atoms with Crippen molar-refractivity contribution in [3.8, 4) is 0 Å². The molecule has 0 aliphatic carbocycles. The van der Waals surface area contributed by atoms with Gasteiger partial charge in [0, 0.05) is 6.26 Å². The number of sulfone groups is 1. The van der Waals surface area contributed by atoms with Gasteiger partial charge in [0.15, 0.2) is 9.84 Å². The molecule has 10 heteroatoms. The molecule has 174 valence electrons. The maximum atomic E-state index is 12.7. The molecule has 3 rings (SSSR count). The van der Waals surface area contributed by atoms with Crippen LogP contribution in [0.25, 0.3) is 0 Å². The third-order valence-electron chi connectivity index (χ3n) is 4.95. The second-order valence-electron chi connectivity index (χ2n) is 7.65. The van der Waals surface area contributed by atoms with Crippen molar-refractivity contribution >= 4 is 43.1 Å². The molecule has 0 saturated carbocycles. The standard InChI is InChI=1S/C23H23ClN2O5S2/c1-15-4-9-20(10-5-15)33(30,31)26-18-8-13-21(22(24)14-18)23(27)25-16(2)17-6-11-19(12-7-17)32(3,28)29/h4-14,16,26H,1-3H3,(H,25,27)/t16-/m0/s1. The van der Waals surface area contributed by atoms with E-state index in [4.69, 9.17) is 11.6 Å². The molecule has 3 aromatic carbocycles. The lowest BCUT2D eigenvalue weighted by Crippen LogP contribution is -2.27. The molecule has 0 saturated heterocycles. The highest BCUT2D eigenvalue weighted by Gasteiger charge is 2.18. The number of sulfonamides is 1. The fourth-order valence-electron chi connectivity index (χ4n) is 3.06. The van der Waals surface area contributed by atoms with E-state index < -0.39 is 31.8 Å². The number of hydrogen-bond donors (Lipinski definition) is 2. The number of carbonyl (C=O) groups is 1. The van der Waals surface area contributed by atoms with Crippen LogP contribution in [0.2, 0.25) is 5.02 Å². The Kier molecular flexibility index (Phi) is 7.16. The Balaban J connectivity index is 1.72. The minimum absolute atomic E-state index is 0.0798. The first kappa shape index (κ1) is 24.8. The van der Waals surface area contributed by atoms with Gasteiger partial charge in [-0.15, -0.1) is 0 Å². The lowest BCUT2D eigenvalue weighted by Gasteiger charge is -2.16. The van der Waals surface area contributed by atoms with Gasteiger partial charge in [-0.05, 0) is 61.9 Å². The first-order chi connectivity index (χ1) is 15.4. The second kappa shape index (κ2) is 9.54. The van der Waals surface area contributed by atoms with Crippen molar-refractivity contribution in [3.05, 3.63) is 88.4 Å². The SMILES string of the molecule is Cc1ccc(S(=O)(=O)Nc2ccc(C(=O)N[C@@H](C)c3ccc(S(C)(=O)=O)cc3)c(Cl)c2)cc1. The number of hydrogen-bond acceptors (Lipinski definition) is 5. The predicted molar refractivity (Wildman–Crippen MR) is 129 cm³/mol. The van der Waals surface area contributed by atoms with Crippen LogP contribution in [0.4, 0.5) is 5.69 Å². The molecule has 2 N–H and O–H groups in total. The molecular formula is C23H23ClN2O5S2. The number of carbonyl (C=O) groups excluding carboxylic acids is 1. The summed E-state index contributed by atoms with van der Waals surface area (Å²) in [4.78, 5) is 13.0. The minimum Gasteiger partial charge on any atom is -0.345 e. The van der Waals surface area contributed by atoms with Crippen molar-refractivity contribution in [3.63, 3.8) is 0 Å². The largest absolute Gasteiger partial charge is 0.345 e. The van der Waals surface area contributed by atoms with Gasteiger partial charge in [0.25, 0.3) is 15.9 Å². The van der Waals surface area contributed by atoms with Gasteiger partial charge in [-0.3, -0.25) is 9.52 Å². The van der Waals surface area contributed by atoms with E-state index in [1.54, 1.807) is 31.2 Å². The summed E-state index contributed by atoms with van der Waals surface area (Å²) in [5, 5.41) is 2.88. The predicted octanol–water partition coefficient (Wildman–Crippen LogP) is 4.34. The third kappa shape index (κ3) is 6.13. The lowest BCUT2D eigenvalue weighted by molar-refractivity contribution is 0.0940. The summed E-state index contributed by atoms with van der Waals surface area (Å²) < 4.78 is 50.8. The fraction of sp³-hybridized carbons (Fsp3) is 0.174. The van der Waals surface area contributed by atoms with Crippen LogP contribution in [-0.4, -0.2) is 29.0 Å². The summed E-state index contributed by atoms with van der Waals surface area (Å²) >= 11 is 6.26. The topological polar surface area (TPSA) is 109 Å². The van der Waals surface area contributed by atoms with Crippen LogP contribution in [0.3, 0.4) is 0 Å². The number of amides is 1. The van der Waals surface area contributed by atoms with Gasteiger partial charge < -0.3 is 5.32 Å². The fourth-order valence-corrected chi connectivity index (χ4v) is 5.00. The van der Waals surface area contributed by atoms with Gasteiger partial charge in [-0.25, -0.2) is 16.8 Å². The first-order valence-electron chi connectivity index (χ1n) is 9.87. The highest BCUT2D eigenvalue weighted by molar-refractivity contribution is 7.92. The van der Waals surface area contributed by atoms with Crippen LogP contribution in [0.15, 0.2) is 76.5 Å². The average Bonchev–Trinajstić information content (AvgIpc) is 2.73. The van der Waals surface area contributed by atoms with Gasteiger partial charge >= 0.3 is 0 Å². The zero-order valence-corrected chi connectivity index (χ0v) is 20.6. The highest BCUT2D eigenvalue weighted by atomic mass is 35.5. The molecule has 0 aromatic heterocycles. The quantitative estimate of drug-likeness (QED) is 0.495. The summed E-state index contributed by atoms with van der Waals surface area (Å²) in [5.41, 5.74) is 2.05. The van der Waals surface area contributed by atoms with Crippen molar-refractivity contribution in [2.45, 2.75) is 29.7 Å². The Hall–Kier alpha value is -2.88. The van der Waals surface area contributed by atoms with E-state index in [0.717, 1.165) is 11.8 Å². The number of nitrogens with one attached hydrogen (secondary N) is 2. The van der Waals surface area contributed by atoms with Crippen LogP contribution in [0.1, 0.15) is 34.5 Å². The van der Waals surface area contributed by atoms with Gasteiger partial charge in [0.2, 0.25) is 0 Å². The monoisotopic (exact) mass is 506 g/mol. The van der Waals surface area contributed by atoms with Crippen molar-refractivity contribution in [2.24, 2.45) is 0 Å². The molecule has 1 amide bonds. The maximum absolute atomic E-state index is 12.7. The molecule has 0 unspecified atom stereocenters. The minimum atomic E-state index is -3.80. The van der Waals surface area contributed by atoms with Gasteiger partial charge in [0.1, 0.15) is 0 Å². The molecule has 1 atom stereocenters. The van der Waals surface area contributed by atoms with Gasteiger partial charge in [-0.1, -0.05) is 41.4 Å². The van der Waals surface area contributed by atoms with Crippen LogP contribution in [0.5, 0.6) is 0 Å². The van der Waals surface area contributed by atoms with E-state index in [1.807, 2.05) is 6.92 Å². The molecule has 3 aromatic rings. The molecule has 0 bridgehead atoms. The van der Waals surface area contributed by atoms with Crippen LogP contribution in [-0.2, 0) is 19.9 Å². The van der Waals surface area contributed by atoms with Crippen molar-refractivity contribution in [1.29, 1.82) is 0 Å². The van der Waals surface area contributed by atoms with Gasteiger partial charge in [0.05, 0.1) is 32.1 Å². The maximum Gasteiger partial charge on any atom is 0.261 e. The summed E-state index contributed by atoms with van der Waals surface area (Å²) in [6.45, 7) is 3.62. The van der Waals surface area contributed by atoms with Gasteiger partial charge in [-0.2, -0.15) is 0 Å². The number of aryl methyl sites for hydroxylation is 1. The van der Waals surface area contributed by atoms with Crippen LogP contribution >= 0.6 is 11.6 Å². The number of rotatable bonds is 7. The number of benzene rings is 3. The average molecular weight is 507 g/mol. The Morgan fingerprint density at radius 2 is 1.45 bits per heavy atom. The van der Waals surface area contributed by atoms with Crippen LogP contribution < -0.4 is 10.0 Å². The molecular weight excluding hydrogens is 484 g/mol. The Labute approximate surface area is 198 Å². The molecule has 0 fully saturated rings. The lowest BCUT2D eigenvalue weighted by atomic mass is 10.1. The van der Waals surface area contributed by atoms with E-state index in [1.165, 1.54) is 42.5 Å². The van der Waals surface area contributed by atoms with E-state index >= 15 is 0 Å². The van der Waals surface area contributed by atoms with E-state index in [9.17, 15) is 21.6 Å². The summed E-state index contributed by atoms with van der Waals surface area (Å²) in [7, 11) is -7.11. The molecule has 0 aliphatic heterocycles. The molecule has 0 radical (unpaired) electrons. The van der Waals surface area contributed by atoms with Crippen LogP contribution in [0, 0.1) is 6.92 Å². The summed E-state index contributed by atoms with van der Waals surface area (Å²) in [5.74, 6) is -0.451. The number of anilines is 1. The van der Waals surface area contributed by atoms with Crippen molar-refractivity contribution < 1.29 is 21.6 Å².